The Bertz CT molecular complexity index is 594. The van der Waals surface area contributed by atoms with E-state index in [4.69, 9.17) is 0 Å². The summed E-state index contributed by atoms with van der Waals surface area (Å²) in [5.74, 6) is 6.71. The van der Waals surface area contributed by atoms with E-state index in [9.17, 15) is 5.11 Å². The van der Waals surface area contributed by atoms with Gasteiger partial charge in [0.1, 0.15) is 5.41 Å². The fraction of sp³-hybridized carbons (Fsp3) is 0.300. The van der Waals surface area contributed by atoms with E-state index < -0.39 is 11.5 Å². The smallest absolute Gasteiger partial charge is 0.107 e. The van der Waals surface area contributed by atoms with Crippen molar-refractivity contribution in [2.24, 2.45) is 0 Å². The molecule has 1 atom stereocenters. The van der Waals surface area contributed by atoms with Crippen LogP contribution in [0.2, 0.25) is 0 Å². The summed E-state index contributed by atoms with van der Waals surface area (Å²) in [6.07, 6.45) is 3.32. The highest BCUT2D eigenvalue weighted by molar-refractivity contribution is 5.50. The maximum atomic E-state index is 10.9. The Morgan fingerprint density at radius 2 is 1.43 bits per heavy atom. The van der Waals surface area contributed by atoms with Crippen LogP contribution in [0.5, 0.6) is 0 Å². The maximum Gasteiger partial charge on any atom is 0.107 e. The van der Waals surface area contributed by atoms with Crippen molar-refractivity contribution in [3.05, 3.63) is 71.8 Å². The van der Waals surface area contributed by atoms with E-state index >= 15 is 0 Å². The summed E-state index contributed by atoms with van der Waals surface area (Å²) >= 11 is 0. The second-order valence-electron chi connectivity index (χ2n) is 5.60. The summed E-state index contributed by atoms with van der Waals surface area (Å²) in [7, 11) is 0. The van der Waals surface area contributed by atoms with E-state index in [1.54, 1.807) is 0 Å². The van der Waals surface area contributed by atoms with E-state index in [0.717, 1.165) is 36.8 Å². The van der Waals surface area contributed by atoms with Gasteiger partial charge in [0.05, 0.1) is 6.10 Å². The van der Waals surface area contributed by atoms with Gasteiger partial charge in [-0.05, 0) is 30.4 Å². The lowest BCUT2D eigenvalue weighted by molar-refractivity contribution is 0.116. The van der Waals surface area contributed by atoms with E-state index in [1.807, 2.05) is 36.4 Å². The van der Waals surface area contributed by atoms with Crippen LogP contribution in [0.25, 0.3) is 0 Å². The first-order valence-electron chi connectivity index (χ1n) is 7.63. The lowest BCUT2D eigenvalue weighted by Crippen LogP contribution is -2.40. The molecule has 0 bridgehead atoms. The highest BCUT2D eigenvalue weighted by Crippen LogP contribution is 2.38. The van der Waals surface area contributed by atoms with Crippen molar-refractivity contribution in [2.45, 2.75) is 37.2 Å². The van der Waals surface area contributed by atoms with Crippen LogP contribution >= 0.6 is 0 Å². The van der Waals surface area contributed by atoms with E-state index in [1.165, 1.54) is 0 Å². The van der Waals surface area contributed by atoms with Gasteiger partial charge in [-0.2, -0.15) is 0 Å². The second-order valence-corrected chi connectivity index (χ2v) is 5.60. The topological polar surface area (TPSA) is 20.2 Å². The Kier molecular flexibility index (Phi) is 4.08. The zero-order valence-corrected chi connectivity index (χ0v) is 12.1. The lowest BCUT2D eigenvalue weighted by Gasteiger charge is -2.35. The van der Waals surface area contributed by atoms with Crippen LogP contribution in [0, 0.1) is 11.8 Å². The van der Waals surface area contributed by atoms with Gasteiger partial charge in [-0.15, -0.1) is 5.92 Å². The van der Waals surface area contributed by atoms with Crippen molar-refractivity contribution in [3.63, 3.8) is 0 Å². The molecule has 0 spiro atoms. The van der Waals surface area contributed by atoms with Gasteiger partial charge in [0.2, 0.25) is 0 Å². The number of aliphatic hydroxyl groups excluding tert-OH is 1. The predicted molar refractivity (Wildman–Crippen MR) is 85.9 cm³/mol. The summed E-state index contributed by atoms with van der Waals surface area (Å²) in [6, 6.07) is 20.4. The second kappa shape index (κ2) is 6.16. The van der Waals surface area contributed by atoms with Crippen LogP contribution in [-0.2, 0) is 5.41 Å². The Hall–Kier alpha value is -2.04. The molecule has 1 aliphatic rings. The summed E-state index contributed by atoms with van der Waals surface area (Å²) in [5.41, 5.74) is 1.55. The van der Waals surface area contributed by atoms with Gasteiger partial charge < -0.3 is 5.11 Å². The number of benzene rings is 2. The van der Waals surface area contributed by atoms with Crippen LogP contribution in [0.1, 0.15) is 36.8 Å². The molecule has 0 radical (unpaired) electrons. The molecule has 1 unspecified atom stereocenters. The maximum absolute atomic E-state index is 10.9. The molecule has 1 heteroatoms. The summed E-state index contributed by atoms with van der Waals surface area (Å²) in [6.45, 7) is 0. The average molecular weight is 276 g/mol. The molecule has 0 fully saturated rings. The molecular weight excluding hydrogens is 256 g/mol. The SMILES string of the molecule is OC1CCCCC#CC1(c1ccccc1)c1ccccc1. The third-order valence-electron chi connectivity index (χ3n) is 4.27. The van der Waals surface area contributed by atoms with Gasteiger partial charge in [0.25, 0.3) is 0 Å². The molecule has 1 nitrogen and oxygen atoms in total. The first kappa shape index (κ1) is 13.9. The van der Waals surface area contributed by atoms with E-state index in [0.29, 0.717) is 0 Å². The molecule has 1 N–H and O–H groups in total. The molecule has 3 rings (SSSR count). The van der Waals surface area contributed by atoms with Gasteiger partial charge in [-0.3, -0.25) is 0 Å². The zero-order valence-electron chi connectivity index (χ0n) is 12.1. The zero-order chi connectivity index (χ0) is 14.5. The Morgan fingerprint density at radius 1 is 0.857 bits per heavy atom. The average Bonchev–Trinajstić information content (AvgIpc) is 2.54. The number of hydrogen-bond acceptors (Lipinski definition) is 1. The van der Waals surface area contributed by atoms with Crippen LogP contribution in [0.4, 0.5) is 0 Å². The van der Waals surface area contributed by atoms with Gasteiger partial charge >= 0.3 is 0 Å². The van der Waals surface area contributed by atoms with Crippen molar-refractivity contribution in [1.82, 2.24) is 0 Å². The van der Waals surface area contributed by atoms with Crippen LogP contribution < -0.4 is 0 Å². The first-order valence-corrected chi connectivity index (χ1v) is 7.63. The fourth-order valence-electron chi connectivity index (χ4n) is 3.15. The molecular formula is C20H20O. The Morgan fingerprint density at radius 3 is 2.00 bits per heavy atom. The largest absolute Gasteiger partial charge is 0.391 e. The van der Waals surface area contributed by atoms with Crippen LogP contribution in [-0.4, -0.2) is 11.2 Å². The minimum atomic E-state index is -0.608. The molecule has 2 aromatic rings. The molecule has 21 heavy (non-hydrogen) atoms. The van der Waals surface area contributed by atoms with Crippen LogP contribution in [0.15, 0.2) is 60.7 Å². The summed E-state index contributed by atoms with van der Waals surface area (Å²) in [4.78, 5) is 0. The third kappa shape index (κ3) is 2.60. The minimum absolute atomic E-state index is 0.477. The summed E-state index contributed by atoms with van der Waals surface area (Å²) < 4.78 is 0. The molecule has 1 aliphatic carbocycles. The molecule has 0 aromatic heterocycles. The highest BCUT2D eigenvalue weighted by atomic mass is 16.3. The molecule has 2 aromatic carbocycles. The molecule has 0 saturated heterocycles. The number of hydrogen-bond donors (Lipinski definition) is 1. The Labute approximate surface area is 126 Å². The quantitative estimate of drug-likeness (QED) is 0.825. The van der Waals surface area contributed by atoms with Crippen LogP contribution in [0.3, 0.4) is 0 Å². The van der Waals surface area contributed by atoms with Crippen molar-refractivity contribution in [1.29, 1.82) is 0 Å². The standard InChI is InChI=1S/C20H20O/c21-19-15-9-1-2-10-16-20(19,17-11-5-3-6-12-17)18-13-7-4-8-14-18/h3-8,11-14,19,21H,1-2,9,15H2. The van der Waals surface area contributed by atoms with Crippen molar-refractivity contribution in [2.75, 3.05) is 0 Å². The van der Waals surface area contributed by atoms with Gasteiger partial charge in [0.15, 0.2) is 0 Å². The normalized spacial score (nSPS) is 20.7. The lowest BCUT2D eigenvalue weighted by atomic mass is 9.69. The first-order chi connectivity index (χ1) is 10.3. The minimum Gasteiger partial charge on any atom is -0.391 e. The third-order valence-corrected chi connectivity index (χ3v) is 4.27. The monoisotopic (exact) mass is 276 g/mol. The fourth-order valence-corrected chi connectivity index (χ4v) is 3.15. The summed E-state index contributed by atoms with van der Waals surface area (Å²) in [5, 5.41) is 10.9. The van der Waals surface area contributed by atoms with Crippen molar-refractivity contribution in [3.8, 4) is 11.8 Å². The molecule has 0 saturated carbocycles. The van der Waals surface area contributed by atoms with Crippen molar-refractivity contribution < 1.29 is 5.11 Å². The van der Waals surface area contributed by atoms with E-state index in [2.05, 4.69) is 36.1 Å². The highest BCUT2D eigenvalue weighted by Gasteiger charge is 2.40. The molecule has 106 valence electrons. The molecule has 0 heterocycles. The van der Waals surface area contributed by atoms with Crippen molar-refractivity contribution >= 4 is 0 Å². The van der Waals surface area contributed by atoms with E-state index in [-0.39, 0.29) is 0 Å². The molecule has 0 aliphatic heterocycles. The number of rotatable bonds is 2. The van der Waals surface area contributed by atoms with Gasteiger partial charge in [-0.25, -0.2) is 0 Å². The predicted octanol–water partition coefficient (Wildman–Crippen LogP) is 3.91. The van der Waals surface area contributed by atoms with Gasteiger partial charge in [0, 0.05) is 6.42 Å². The molecule has 0 amide bonds. The number of aliphatic hydroxyl groups is 1. The van der Waals surface area contributed by atoms with Gasteiger partial charge in [-0.1, -0.05) is 66.6 Å². The Balaban J connectivity index is 2.23.